The quantitative estimate of drug-likeness (QED) is 0.0992. The van der Waals surface area contributed by atoms with E-state index in [-0.39, 0.29) is 17.7 Å². The Kier molecular flexibility index (Phi) is 26.3. The monoisotopic (exact) mass is 1100 g/mol. The maximum absolute atomic E-state index is 11.8. The van der Waals surface area contributed by atoms with E-state index in [9.17, 15) is 4.79 Å². The van der Waals surface area contributed by atoms with Gasteiger partial charge in [0.2, 0.25) is 0 Å². The van der Waals surface area contributed by atoms with Crippen LogP contribution < -0.4 is 16.8 Å². The number of thiophene rings is 3. The Morgan fingerprint density at radius 2 is 0.863 bits per heavy atom. The fourth-order valence-electron chi connectivity index (χ4n) is 6.65. The molecule has 9 rings (SSSR count). The Morgan fingerprint density at radius 1 is 0.521 bits per heavy atom. The maximum Gasteiger partial charge on any atom is 0.407 e. The van der Waals surface area contributed by atoms with Gasteiger partial charge in [0.15, 0.2) is 0 Å². The Hall–Kier alpha value is -5.98. The Morgan fingerprint density at radius 3 is 1.15 bits per heavy atom. The highest BCUT2D eigenvalue weighted by Gasteiger charge is 2.17. The smallest absolute Gasteiger partial charge is 0.407 e. The van der Waals surface area contributed by atoms with Crippen LogP contribution in [0.3, 0.4) is 0 Å². The third-order valence-corrected chi connectivity index (χ3v) is 13.2. The zero-order chi connectivity index (χ0) is 51.6. The lowest BCUT2D eigenvalue weighted by molar-refractivity contribution is 0.0524. The molecule has 18 heteroatoms. The standard InChI is InChI=1S/C20H21N3O2S.2C15H13N3S.C4H10O.CH2Cl2.ClH/c1-20(2,3)25-19(24)23-12-15-6-7-18(26-15)17-13-22-10-8-16(17)14-5-4-9-21-11-14;2*16-8-12-3-4-15(19-12)14-10-18-7-5-13(14)11-2-1-6-17-9-11;1-3-5-4-2;2-1-3;/h4-11,13H,12H2,1-3H3,(H,23,24);2*1-7,9-10H,8,16H2;3-4H2,1-2H3;1H2;1H. The van der Waals surface area contributed by atoms with E-state index >= 15 is 0 Å². The van der Waals surface area contributed by atoms with Gasteiger partial charge in [0.25, 0.3) is 0 Å². The average Bonchev–Trinajstić information content (AvgIpc) is 4.22. The van der Waals surface area contributed by atoms with Crippen LogP contribution >= 0.6 is 69.6 Å². The number of rotatable bonds is 12. The van der Waals surface area contributed by atoms with Crippen LogP contribution in [0.5, 0.6) is 0 Å². The molecule has 0 saturated heterocycles. The Balaban J connectivity index is 0.000000222. The summed E-state index contributed by atoms with van der Waals surface area (Å²) in [6, 6.07) is 30.4. The number of carbonyl (C=O) groups is 1. The SMILES string of the molecule is CC(C)(C)OC(=O)NCc1ccc(-c2cnccc2-c2cccnc2)s1.CCOCC.Cl.ClCCl.NCc1ccc(-c2cnccc2-c2cccnc2)s1.NCc1ccc(-c2cnccc2-c2cccnc2)s1. The normalized spacial score (nSPS) is 10.3. The number of hydrogen-bond donors (Lipinski definition) is 3. The predicted octanol–water partition coefficient (Wildman–Crippen LogP) is 14.4. The average molecular weight is 1100 g/mol. The van der Waals surface area contributed by atoms with Crippen LogP contribution in [0.2, 0.25) is 0 Å². The van der Waals surface area contributed by atoms with Crippen LogP contribution in [-0.4, -0.2) is 60.2 Å². The minimum absolute atomic E-state index is 0. The number of nitrogens with zero attached hydrogens (tertiary/aromatic N) is 6. The number of amides is 1. The van der Waals surface area contributed by atoms with E-state index in [4.69, 9.17) is 44.1 Å². The van der Waals surface area contributed by atoms with Gasteiger partial charge in [-0.15, -0.1) is 69.6 Å². The van der Waals surface area contributed by atoms with Gasteiger partial charge in [-0.2, -0.15) is 0 Å². The highest BCUT2D eigenvalue weighted by molar-refractivity contribution is 7.16. The topological polar surface area (TPSA) is 177 Å². The molecule has 0 bridgehead atoms. The summed E-state index contributed by atoms with van der Waals surface area (Å²) in [6.07, 6.45) is 21.5. The first-order chi connectivity index (χ1) is 35.0. The second-order valence-corrected chi connectivity index (χ2v) is 20.2. The lowest BCUT2D eigenvalue weighted by atomic mass is 10.0. The molecule has 382 valence electrons. The molecule has 0 aliphatic rings. The second-order valence-electron chi connectivity index (χ2n) is 15.9. The summed E-state index contributed by atoms with van der Waals surface area (Å²) in [5.74, 6) is 0. The number of pyridine rings is 6. The third kappa shape index (κ3) is 19.4. The van der Waals surface area contributed by atoms with E-state index in [1.54, 1.807) is 58.8 Å². The molecular weight excluding hydrogens is 1040 g/mol. The van der Waals surface area contributed by atoms with E-state index in [0.29, 0.717) is 19.6 Å². The maximum atomic E-state index is 11.8. The third-order valence-electron chi connectivity index (χ3n) is 9.78. The van der Waals surface area contributed by atoms with Crippen molar-refractivity contribution in [2.24, 2.45) is 11.5 Å². The van der Waals surface area contributed by atoms with Crippen molar-refractivity contribution in [3.8, 4) is 64.7 Å². The molecule has 1 amide bonds. The fraction of sp³-hybridized carbons (Fsp3) is 0.218. The van der Waals surface area contributed by atoms with Crippen LogP contribution in [0.1, 0.15) is 49.3 Å². The van der Waals surface area contributed by atoms with Crippen molar-refractivity contribution in [1.29, 1.82) is 0 Å². The molecule has 0 radical (unpaired) electrons. The number of hydrogen-bond acceptors (Lipinski definition) is 14. The van der Waals surface area contributed by atoms with Crippen molar-refractivity contribution in [2.45, 2.75) is 59.9 Å². The largest absolute Gasteiger partial charge is 0.444 e. The van der Waals surface area contributed by atoms with Crippen molar-refractivity contribution >= 4 is 75.7 Å². The minimum atomic E-state index is -0.501. The summed E-state index contributed by atoms with van der Waals surface area (Å²) in [4.78, 5) is 44.0. The minimum Gasteiger partial charge on any atom is -0.444 e. The van der Waals surface area contributed by atoms with Gasteiger partial charge in [0, 0.05) is 163 Å². The molecule has 0 unspecified atom stereocenters. The van der Waals surface area contributed by atoms with E-state index < -0.39 is 11.7 Å². The highest BCUT2D eigenvalue weighted by atomic mass is 35.5. The second kappa shape index (κ2) is 32.3. The molecule has 5 N–H and O–H groups in total. The predicted molar refractivity (Wildman–Crippen MR) is 307 cm³/mol. The van der Waals surface area contributed by atoms with Crippen LogP contribution in [0, 0.1) is 0 Å². The summed E-state index contributed by atoms with van der Waals surface area (Å²) >= 11 is 14.6. The molecular formula is C55H60Cl3N9O3S3. The lowest BCUT2D eigenvalue weighted by Crippen LogP contribution is -2.31. The molecule has 0 spiro atoms. The van der Waals surface area contributed by atoms with Gasteiger partial charge in [-0.05, 0) is 124 Å². The molecule has 0 atom stereocenters. The first-order valence-electron chi connectivity index (χ1n) is 22.9. The molecule has 73 heavy (non-hydrogen) atoms. The summed E-state index contributed by atoms with van der Waals surface area (Å²) in [6.45, 7) is 12.8. The molecule has 9 aromatic rings. The van der Waals surface area contributed by atoms with Crippen LogP contribution in [0.25, 0.3) is 64.7 Å². The molecule has 0 aromatic carbocycles. The highest BCUT2D eigenvalue weighted by Crippen LogP contribution is 2.37. The Bertz CT molecular complexity index is 2830. The molecule has 0 aliphatic heterocycles. The van der Waals surface area contributed by atoms with Gasteiger partial charge >= 0.3 is 6.09 Å². The van der Waals surface area contributed by atoms with Gasteiger partial charge in [0.05, 0.1) is 11.9 Å². The molecule has 9 heterocycles. The van der Waals surface area contributed by atoms with E-state index in [2.05, 4.69) is 71.6 Å². The summed E-state index contributed by atoms with van der Waals surface area (Å²) in [5, 5.41) is 2.98. The number of alkyl halides is 2. The van der Waals surface area contributed by atoms with Crippen molar-refractivity contribution in [3.63, 3.8) is 0 Å². The number of aromatic nitrogens is 6. The van der Waals surface area contributed by atoms with Gasteiger partial charge in [-0.3, -0.25) is 29.9 Å². The van der Waals surface area contributed by atoms with Crippen molar-refractivity contribution < 1.29 is 14.3 Å². The lowest BCUT2D eigenvalue weighted by Gasteiger charge is -2.19. The number of halogens is 3. The van der Waals surface area contributed by atoms with Gasteiger partial charge in [0.1, 0.15) is 5.60 Å². The number of nitrogens with one attached hydrogen (secondary N) is 1. The molecule has 0 fully saturated rings. The first kappa shape index (κ1) is 59.6. The summed E-state index contributed by atoms with van der Waals surface area (Å²) < 4.78 is 10.1. The Labute approximate surface area is 456 Å². The molecule has 0 saturated carbocycles. The van der Waals surface area contributed by atoms with Crippen LogP contribution in [0.4, 0.5) is 4.79 Å². The van der Waals surface area contributed by atoms with Gasteiger partial charge in [-0.1, -0.05) is 18.2 Å². The number of alkyl carbamates (subject to hydrolysis) is 1. The number of nitrogens with two attached hydrogens (primary N) is 2. The molecule has 12 nitrogen and oxygen atoms in total. The van der Waals surface area contributed by atoms with Crippen molar-refractivity contribution in [1.82, 2.24) is 35.2 Å². The van der Waals surface area contributed by atoms with E-state index in [0.717, 1.165) is 73.0 Å². The van der Waals surface area contributed by atoms with Crippen LogP contribution in [0.15, 0.2) is 165 Å². The van der Waals surface area contributed by atoms with Crippen molar-refractivity contribution in [2.75, 3.05) is 18.6 Å². The number of carbonyl (C=O) groups excluding carboxylic acids is 1. The zero-order valence-corrected chi connectivity index (χ0v) is 46.1. The molecule has 0 aliphatic carbocycles. The fourth-order valence-corrected chi connectivity index (χ4v) is 9.45. The van der Waals surface area contributed by atoms with E-state index in [1.165, 1.54) is 19.5 Å². The van der Waals surface area contributed by atoms with E-state index in [1.807, 2.05) is 139 Å². The zero-order valence-electron chi connectivity index (χ0n) is 41.3. The van der Waals surface area contributed by atoms with Crippen molar-refractivity contribution in [3.05, 3.63) is 180 Å². The van der Waals surface area contributed by atoms with Gasteiger partial charge < -0.3 is 26.3 Å². The number of ether oxygens (including phenoxy) is 2. The summed E-state index contributed by atoms with van der Waals surface area (Å²) in [7, 11) is 0. The summed E-state index contributed by atoms with van der Waals surface area (Å²) in [5.41, 5.74) is 20.8. The van der Waals surface area contributed by atoms with Gasteiger partial charge in [-0.25, -0.2) is 4.79 Å². The molecule has 9 aromatic heterocycles. The van der Waals surface area contributed by atoms with Crippen LogP contribution in [-0.2, 0) is 29.1 Å². The first-order valence-corrected chi connectivity index (χ1v) is 26.4.